The predicted molar refractivity (Wildman–Crippen MR) is 84.8 cm³/mol. The number of rotatable bonds is 4. The second-order valence-electron chi connectivity index (χ2n) is 6.75. The topological polar surface area (TPSA) is 15.3 Å². The summed E-state index contributed by atoms with van der Waals surface area (Å²) in [6.07, 6.45) is 7.64. The molecule has 21 heavy (non-hydrogen) atoms. The minimum Gasteiger partial charge on any atom is -0.307 e. The summed E-state index contributed by atoms with van der Waals surface area (Å²) >= 11 is 0. The highest BCUT2D eigenvalue weighted by atomic mass is 19.1. The number of halogens is 1. The van der Waals surface area contributed by atoms with Gasteiger partial charge in [0.1, 0.15) is 5.82 Å². The van der Waals surface area contributed by atoms with Crippen molar-refractivity contribution in [2.45, 2.75) is 69.6 Å². The van der Waals surface area contributed by atoms with E-state index in [1.807, 2.05) is 12.1 Å². The molecule has 3 rings (SSSR count). The Balaban J connectivity index is 1.66. The molecule has 2 aliphatic rings. The average Bonchev–Trinajstić information content (AvgIpc) is 2.46. The molecule has 1 aromatic rings. The molecule has 0 aliphatic carbocycles. The first-order valence-corrected chi connectivity index (χ1v) is 8.40. The minimum absolute atomic E-state index is 0.151. The second kappa shape index (κ2) is 6.45. The van der Waals surface area contributed by atoms with Crippen LogP contribution in [0.2, 0.25) is 0 Å². The third-order valence-corrected chi connectivity index (χ3v) is 5.46. The van der Waals surface area contributed by atoms with Crippen molar-refractivity contribution in [2.75, 3.05) is 7.05 Å². The maximum absolute atomic E-state index is 13.1. The van der Waals surface area contributed by atoms with Gasteiger partial charge in [-0.2, -0.15) is 0 Å². The number of benzene rings is 1. The normalized spacial score (nSPS) is 31.1. The van der Waals surface area contributed by atoms with Crippen LogP contribution in [0.15, 0.2) is 24.3 Å². The summed E-state index contributed by atoms with van der Waals surface area (Å²) in [7, 11) is 2.29. The smallest absolute Gasteiger partial charge is 0.123 e. The van der Waals surface area contributed by atoms with Crippen molar-refractivity contribution < 1.29 is 4.39 Å². The van der Waals surface area contributed by atoms with Gasteiger partial charge in [-0.05, 0) is 56.8 Å². The molecule has 1 aromatic carbocycles. The van der Waals surface area contributed by atoms with Crippen LogP contribution in [-0.4, -0.2) is 30.1 Å². The van der Waals surface area contributed by atoms with Crippen LogP contribution in [0.25, 0.3) is 0 Å². The average molecular weight is 290 g/mol. The first-order valence-electron chi connectivity index (χ1n) is 8.40. The number of nitrogens with zero attached hydrogens (tertiary/aromatic N) is 1. The van der Waals surface area contributed by atoms with Gasteiger partial charge in [-0.3, -0.25) is 0 Å². The van der Waals surface area contributed by atoms with E-state index in [0.29, 0.717) is 12.1 Å². The number of piperidine rings is 2. The predicted octanol–water partition coefficient (Wildman–Crippen LogP) is 3.88. The van der Waals surface area contributed by atoms with Crippen LogP contribution < -0.4 is 5.32 Å². The first kappa shape index (κ1) is 15.0. The molecule has 2 bridgehead atoms. The molecule has 0 aromatic heterocycles. The largest absolute Gasteiger partial charge is 0.307 e. The lowest BCUT2D eigenvalue weighted by molar-refractivity contribution is 0.0456. The molecular weight excluding hydrogens is 263 g/mol. The van der Waals surface area contributed by atoms with E-state index in [1.165, 1.54) is 37.7 Å². The molecule has 0 amide bonds. The third-order valence-electron chi connectivity index (χ3n) is 5.46. The lowest BCUT2D eigenvalue weighted by Crippen LogP contribution is -2.54. The third kappa shape index (κ3) is 3.29. The van der Waals surface area contributed by atoms with E-state index in [9.17, 15) is 4.39 Å². The molecule has 2 nitrogen and oxygen atoms in total. The van der Waals surface area contributed by atoms with Crippen LogP contribution in [0, 0.1) is 5.82 Å². The van der Waals surface area contributed by atoms with Gasteiger partial charge in [-0.1, -0.05) is 25.5 Å². The summed E-state index contributed by atoms with van der Waals surface area (Å²) < 4.78 is 13.1. The highest BCUT2D eigenvalue weighted by Gasteiger charge is 2.36. The van der Waals surface area contributed by atoms with E-state index in [2.05, 4.69) is 24.2 Å². The van der Waals surface area contributed by atoms with Crippen molar-refractivity contribution in [3.8, 4) is 0 Å². The molecule has 0 saturated carbocycles. The van der Waals surface area contributed by atoms with E-state index in [-0.39, 0.29) is 5.82 Å². The van der Waals surface area contributed by atoms with Crippen LogP contribution in [0.3, 0.4) is 0 Å². The summed E-state index contributed by atoms with van der Waals surface area (Å²) in [5, 5.41) is 3.84. The van der Waals surface area contributed by atoms with Crippen LogP contribution >= 0.6 is 0 Å². The van der Waals surface area contributed by atoms with Gasteiger partial charge in [0.25, 0.3) is 0 Å². The van der Waals surface area contributed by atoms with Gasteiger partial charge < -0.3 is 10.2 Å². The van der Waals surface area contributed by atoms with Gasteiger partial charge >= 0.3 is 0 Å². The zero-order valence-electron chi connectivity index (χ0n) is 13.2. The van der Waals surface area contributed by atoms with Crippen LogP contribution in [0.1, 0.15) is 57.1 Å². The fourth-order valence-electron chi connectivity index (χ4n) is 4.18. The molecule has 2 aliphatic heterocycles. The summed E-state index contributed by atoms with van der Waals surface area (Å²) in [5.41, 5.74) is 1.21. The lowest BCUT2D eigenvalue weighted by atomic mass is 9.82. The Hall–Kier alpha value is -0.930. The van der Waals surface area contributed by atoms with Crippen LogP contribution in [0.4, 0.5) is 4.39 Å². The lowest BCUT2D eigenvalue weighted by Gasteiger charge is -2.48. The zero-order chi connectivity index (χ0) is 14.8. The molecule has 2 fully saturated rings. The van der Waals surface area contributed by atoms with Crippen molar-refractivity contribution in [1.29, 1.82) is 0 Å². The van der Waals surface area contributed by atoms with Gasteiger partial charge in [0.15, 0.2) is 0 Å². The van der Waals surface area contributed by atoms with Gasteiger partial charge in [-0.15, -0.1) is 0 Å². The Bertz CT molecular complexity index is 445. The van der Waals surface area contributed by atoms with Gasteiger partial charge in [-0.25, -0.2) is 4.39 Å². The van der Waals surface area contributed by atoms with E-state index in [0.717, 1.165) is 18.5 Å². The summed E-state index contributed by atoms with van der Waals surface area (Å²) in [6, 6.07) is 9.44. The van der Waals surface area contributed by atoms with Crippen molar-refractivity contribution in [3.05, 3.63) is 35.6 Å². The summed E-state index contributed by atoms with van der Waals surface area (Å²) in [5.74, 6) is -0.151. The molecule has 2 heterocycles. The van der Waals surface area contributed by atoms with E-state index >= 15 is 0 Å². The Morgan fingerprint density at radius 3 is 2.38 bits per heavy atom. The molecule has 0 radical (unpaired) electrons. The molecule has 2 saturated heterocycles. The van der Waals surface area contributed by atoms with E-state index in [4.69, 9.17) is 0 Å². The minimum atomic E-state index is -0.151. The SMILES string of the molecule is CCC(NC1CC2CCCC(C1)N2C)c1ccc(F)cc1. The molecule has 0 spiro atoms. The monoisotopic (exact) mass is 290 g/mol. The van der Waals surface area contributed by atoms with Gasteiger partial charge in [0.2, 0.25) is 0 Å². The van der Waals surface area contributed by atoms with Crippen molar-refractivity contribution in [2.24, 2.45) is 0 Å². The Morgan fingerprint density at radius 1 is 1.19 bits per heavy atom. The van der Waals surface area contributed by atoms with Crippen LogP contribution in [0.5, 0.6) is 0 Å². The van der Waals surface area contributed by atoms with Gasteiger partial charge in [0.05, 0.1) is 0 Å². The number of hydrogen-bond acceptors (Lipinski definition) is 2. The molecule has 3 unspecified atom stereocenters. The van der Waals surface area contributed by atoms with Crippen molar-refractivity contribution in [3.63, 3.8) is 0 Å². The zero-order valence-corrected chi connectivity index (χ0v) is 13.2. The number of fused-ring (bicyclic) bond motifs is 2. The standard InChI is InChI=1S/C18H27FN2/c1-3-18(13-7-9-14(19)10-8-13)20-15-11-16-5-4-6-17(12-15)21(16)2/h7-10,15-18,20H,3-6,11-12H2,1-2H3. The second-order valence-corrected chi connectivity index (χ2v) is 6.75. The quantitative estimate of drug-likeness (QED) is 0.905. The van der Waals surface area contributed by atoms with Crippen molar-refractivity contribution >= 4 is 0 Å². The maximum Gasteiger partial charge on any atom is 0.123 e. The number of nitrogens with one attached hydrogen (secondary N) is 1. The fourth-order valence-corrected chi connectivity index (χ4v) is 4.18. The van der Waals surface area contributed by atoms with E-state index < -0.39 is 0 Å². The molecule has 1 N–H and O–H groups in total. The summed E-state index contributed by atoms with van der Waals surface area (Å²) in [6.45, 7) is 2.21. The molecular formula is C18H27FN2. The summed E-state index contributed by atoms with van der Waals surface area (Å²) in [4.78, 5) is 2.60. The highest BCUT2D eigenvalue weighted by Crippen LogP contribution is 2.33. The van der Waals surface area contributed by atoms with Gasteiger partial charge in [0, 0.05) is 24.2 Å². The highest BCUT2D eigenvalue weighted by molar-refractivity contribution is 5.20. The Kier molecular flexibility index (Phi) is 4.60. The fraction of sp³-hybridized carbons (Fsp3) is 0.667. The van der Waals surface area contributed by atoms with E-state index in [1.54, 1.807) is 12.1 Å². The molecule has 116 valence electrons. The van der Waals surface area contributed by atoms with Crippen molar-refractivity contribution in [1.82, 2.24) is 10.2 Å². The maximum atomic E-state index is 13.1. The molecule has 3 heteroatoms. The Morgan fingerprint density at radius 2 is 1.81 bits per heavy atom. The first-order chi connectivity index (χ1) is 10.2. The number of hydrogen-bond donors (Lipinski definition) is 1. The van der Waals surface area contributed by atoms with Crippen LogP contribution in [-0.2, 0) is 0 Å². The molecule has 3 atom stereocenters. The Labute approximate surface area is 127 Å².